The second-order valence-electron chi connectivity index (χ2n) is 6.47. The van der Waals surface area contributed by atoms with E-state index in [2.05, 4.69) is 10.3 Å². The molecule has 2 heterocycles. The topological polar surface area (TPSA) is 58.0 Å². The number of rotatable bonds is 6. The van der Waals surface area contributed by atoms with E-state index in [0.717, 1.165) is 22.2 Å². The quantitative estimate of drug-likeness (QED) is 0.469. The van der Waals surface area contributed by atoms with E-state index < -0.39 is 0 Å². The first-order chi connectivity index (χ1) is 13.1. The predicted molar refractivity (Wildman–Crippen MR) is 103 cm³/mol. The van der Waals surface area contributed by atoms with Crippen molar-refractivity contribution in [1.29, 1.82) is 0 Å². The SMILES string of the molecule is C[C@H](NCC(=O)c1c(-c2ccc(F)cc2)[nH]c2ccccc12)c1ccco1. The number of halogens is 1. The van der Waals surface area contributed by atoms with Crippen LogP contribution >= 0.6 is 0 Å². The number of hydrogen-bond acceptors (Lipinski definition) is 3. The molecule has 4 rings (SSSR count). The first kappa shape index (κ1) is 17.2. The fourth-order valence-corrected chi connectivity index (χ4v) is 3.24. The van der Waals surface area contributed by atoms with Crippen LogP contribution in [0.2, 0.25) is 0 Å². The van der Waals surface area contributed by atoms with E-state index in [9.17, 15) is 9.18 Å². The third-order valence-electron chi connectivity index (χ3n) is 4.66. The molecule has 0 aliphatic heterocycles. The molecule has 0 aliphatic carbocycles. The maximum absolute atomic E-state index is 13.3. The van der Waals surface area contributed by atoms with Crippen LogP contribution in [0.15, 0.2) is 71.3 Å². The molecule has 4 aromatic rings. The lowest BCUT2D eigenvalue weighted by atomic mass is 10.0. The van der Waals surface area contributed by atoms with Crippen molar-refractivity contribution >= 4 is 16.7 Å². The molecule has 0 saturated heterocycles. The summed E-state index contributed by atoms with van der Waals surface area (Å²) >= 11 is 0. The van der Waals surface area contributed by atoms with Gasteiger partial charge in [0.15, 0.2) is 5.78 Å². The largest absolute Gasteiger partial charge is 0.468 e. The minimum absolute atomic E-state index is 0.0369. The van der Waals surface area contributed by atoms with Crippen molar-refractivity contribution in [3.63, 3.8) is 0 Å². The number of Topliss-reactive ketones (excluding diaryl/α,β-unsaturated/α-hetero) is 1. The Hall–Kier alpha value is -3.18. The van der Waals surface area contributed by atoms with E-state index in [1.165, 1.54) is 12.1 Å². The lowest BCUT2D eigenvalue weighted by Gasteiger charge is -2.11. The molecule has 2 aromatic heterocycles. The molecule has 0 aliphatic rings. The highest BCUT2D eigenvalue weighted by Gasteiger charge is 2.20. The number of carbonyl (C=O) groups is 1. The van der Waals surface area contributed by atoms with Gasteiger partial charge in [-0.25, -0.2) is 4.39 Å². The number of nitrogens with one attached hydrogen (secondary N) is 2. The number of para-hydroxylation sites is 1. The van der Waals surface area contributed by atoms with Gasteiger partial charge < -0.3 is 14.7 Å². The highest BCUT2D eigenvalue weighted by molar-refractivity contribution is 6.14. The van der Waals surface area contributed by atoms with Gasteiger partial charge in [0, 0.05) is 10.9 Å². The Labute approximate surface area is 156 Å². The van der Waals surface area contributed by atoms with Gasteiger partial charge in [-0.15, -0.1) is 0 Å². The Morgan fingerprint density at radius 1 is 1.11 bits per heavy atom. The van der Waals surface area contributed by atoms with E-state index in [0.29, 0.717) is 11.3 Å². The molecule has 0 bridgehead atoms. The van der Waals surface area contributed by atoms with Crippen LogP contribution in [0.25, 0.3) is 22.2 Å². The molecular formula is C22H19FN2O2. The van der Waals surface area contributed by atoms with Gasteiger partial charge in [-0.1, -0.05) is 18.2 Å². The zero-order valence-electron chi connectivity index (χ0n) is 14.8. The monoisotopic (exact) mass is 362 g/mol. The Kier molecular flexibility index (Phi) is 4.60. The first-order valence-corrected chi connectivity index (χ1v) is 8.80. The number of benzene rings is 2. The fourth-order valence-electron chi connectivity index (χ4n) is 3.24. The highest BCUT2D eigenvalue weighted by Crippen LogP contribution is 2.31. The van der Waals surface area contributed by atoms with E-state index in [-0.39, 0.29) is 24.2 Å². The van der Waals surface area contributed by atoms with Crippen molar-refractivity contribution in [2.45, 2.75) is 13.0 Å². The molecule has 2 aromatic carbocycles. The second-order valence-corrected chi connectivity index (χ2v) is 6.47. The van der Waals surface area contributed by atoms with Crippen molar-refractivity contribution in [1.82, 2.24) is 10.3 Å². The smallest absolute Gasteiger partial charge is 0.179 e. The zero-order valence-corrected chi connectivity index (χ0v) is 14.8. The van der Waals surface area contributed by atoms with E-state index in [4.69, 9.17) is 4.42 Å². The van der Waals surface area contributed by atoms with Gasteiger partial charge in [0.2, 0.25) is 0 Å². The summed E-state index contributed by atoms with van der Waals surface area (Å²) < 4.78 is 18.7. The maximum atomic E-state index is 13.3. The Bertz CT molecular complexity index is 1070. The maximum Gasteiger partial charge on any atom is 0.179 e. The second kappa shape index (κ2) is 7.21. The standard InChI is InChI=1S/C22H19FN2O2/c1-14(20-7-4-12-27-20)24-13-19(26)21-17-5-2-3-6-18(17)25-22(21)15-8-10-16(23)11-9-15/h2-12,14,24-25H,13H2,1H3/t14-/m0/s1. The van der Waals surface area contributed by atoms with Gasteiger partial charge >= 0.3 is 0 Å². The van der Waals surface area contributed by atoms with Crippen LogP contribution in [-0.2, 0) is 0 Å². The van der Waals surface area contributed by atoms with Crippen molar-refractivity contribution < 1.29 is 13.6 Å². The van der Waals surface area contributed by atoms with Crippen LogP contribution in [0.1, 0.15) is 29.1 Å². The van der Waals surface area contributed by atoms with Crippen LogP contribution in [0, 0.1) is 5.82 Å². The van der Waals surface area contributed by atoms with Gasteiger partial charge in [-0.3, -0.25) is 4.79 Å². The number of H-pyrrole nitrogens is 1. The van der Waals surface area contributed by atoms with Gasteiger partial charge in [-0.05, 0) is 55.0 Å². The van der Waals surface area contributed by atoms with Gasteiger partial charge in [0.1, 0.15) is 11.6 Å². The minimum Gasteiger partial charge on any atom is -0.468 e. The minimum atomic E-state index is -0.309. The summed E-state index contributed by atoms with van der Waals surface area (Å²) in [7, 11) is 0. The summed E-state index contributed by atoms with van der Waals surface area (Å²) in [5, 5.41) is 4.06. The third-order valence-corrected chi connectivity index (χ3v) is 4.66. The average molecular weight is 362 g/mol. The molecule has 0 amide bonds. The molecule has 0 radical (unpaired) electrons. The Morgan fingerprint density at radius 2 is 1.89 bits per heavy atom. The molecular weight excluding hydrogens is 343 g/mol. The summed E-state index contributed by atoms with van der Waals surface area (Å²) in [5.41, 5.74) is 2.96. The molecule has 136 valence electrons. The molecule has 4 nitrogen and oxygen atoms in total. The van der Waals surface area contributed by atoms with Crippen LogP contribution in [0.4, 0.5) is 4.39 Å². The number of aromatic amines is 1. The number of aromatic nitrogens is 1. The Morgan fingerprint density at radius 3 is 2.63 bits per heavy atom. The number of carbonyl (C=O) groups excluding carboxylic acids is 1. The summed E-state index contributed by atoms with van der Waals surface area (Å²) in [6.07, 6.45) is 1.61. The fraction of sp³-hybridized carbons (Fsp3) is 0.136. The molecule has 0 spiro atoms. The van der Waals surface area contributed by atoms with Crippen LogP contribution in [0.5, 0.6) is 0 Å². The number of furan rings is 1. The lowest BCUT2D eigenvalue weighted by Crippen LogP contribution is -2.26. The summed E-state index contributed by atoms with van der Waals surface area (Å²) in [6.45, 7) is 2.11. The number of hydrogen-bond donors (Lipinski definition) is 2. The Balaban J connectivity index is 1.68. The van der Waals surface area contributed by atoms with Crippen molar-refractivity contribution in [2.75, 3.05) is 6.54 Å². The molecule has 27 heavy (non-hydrogen) atoms. The molecule has 1 atom stereocenters. The molecule has 0 fully saturated rings. The summed E-state index contributed by atoms with van der Waals surface area (Å²) in [4.78, 5) is 16.4. The molecule has 5 heteroatoms. The van der Waals surface area contributed by atoms with Crippen LogP contribution in [0.3, 0.4) is 0 Å². The average Bonchev–Trinajstić information content (AvgIpc) is 3.34. The lowest BCUT2D eigenvalue weighted by molar-refractivity contribution is 0.0989. The van der Waals surface area contributed by atoms with Crippen LogP contribution in [-0.4, -0.2) is 17.3 Å². The van der Waals surface area contributed by atoms with E-state index in [1.807, 2.05) is 43.3 Å². The number of fused-ring (bicyclic) bond motifs is 1. The highest BCUT2D eigenvalue weighted by atomic mass is 19.1. The van der Waals surface area contributed by atoms with Gasteiger partial charge in [-0.2, -0.15) is 0 Å². The summed E-state index contributed by atoms with van der Waals surface area (Å²) in [5.74, 6) is 0.433. The predicted octanol–water partition coefficient (Wildman–Crippen LogP) is 5.10. The van der Waals surface area contributed by atoms with Gasteiger partial charge in [0.05, 0.1) is 30.1 Å². The third kappa shape index (κ3) is 3.41. The van der Waals surface area contributed by atoms with Crippen molar-refractivity contribution in [3.05, 3.63) is 84.1 Å². The molecule has 2 N–H and O–H groups in total. The first-order valence-electron chi connectivity index (χ1n) is 8.80. The number of ketones is 1. The normalized spacial score (nSPS) is 12.4. The van der Waals surface area contributed by atoms with Crippen LogP contribution < -0.4 is 5.32 Å². The van der Waals surface area contributed by atoms with E-state index in [1.54, 1.807) is 18.4 Å². The van der Waals surface area contributed by atoms with Gasteiger partial charge in [0.25, 0.3) is 0 Å². The van der Waals surface area contributed by atoms with Crippen molar-refractivity contribution in [2.24, 2.45) is 0 Å². The van der Waals surface area contributed by atoms with Crippen molar-refractivity contribution in [3.8, 4) is 11.3 Å². The molecule has 0 unspecified atom stereocenters. The zero-order chi connectivity index (χ0) is 18.8. The summed E-state index contributed by atoms with van der Waals surface area (Å²) in [6, 6.07) is 17.4. The molecule has 0 saturated carbocycles. The van der Waals surface area contributed by atoms with E-state index >= 15 is 0 Å².